The van der Waals surface area contributed by atoms with Crippen LogP contribution in [0.4, 0.5) is 5.69 Å². The van der Waals surface area contributed by atoms with Crippen LogP contribution < -0.4 is 5.73 Å². The summed E-state index contributed by atoms with van der Waals surface area (Å²) in [5, 5.41) is 20.0. The minimum Gasteiger partial charge on any atom is -0.480 e. The monoisotopic (exact) mass is 318 g/mol. The summed E-state index contributed by atoms with van der Waals surface area (Å²) in [7, 11) is 0. The van der Waals surface area contributed by atoms with Crippen molar-refractivity contribution in [3.63, 3.8) is 0 Å². The fourth-order valence-electron chi connectivity index (χ4n) is 1.91. The van der Waals surface area contributed by atoms with Crippen LogP contribution in [0.5, 0.6) is 0 Å². The van der Waals surface area contributed by atoms with Crippen LogP contribution in [-0.2, 0) is 11.2 Å². The van der Waals surface area contributed by atoms with Crippen molar-refractivity contribution < 1.29 is 14.8 Å². The average Bonchev–Trinajstić information content (AvgIpc) is 2.49. The molecule has 114 valence electrons. The van der Waals surface area contributed by atoms with E-state index >= 15 is 0 Å². The van der Waals surface area contributed by atoms with Crippen LogP contribution in [0.3, 0.4) is 0 Å². The summed E-state index contributed by atoms with van der Waals surface area (Å²) in [6.07, 6.45) is 0.166. The van der Waals surface area contributed by atoms with Crippen LogP contribution in [-0.4, -0.2) is 22.0 Å². The van der Waals surface area contributed by atoms with E-state index in [1.165, 1.54) is 17.8 Å². The molecule has 2 aromatic rings. The highest BCUT2D eigenvalue weighted by atomic mass is 32.2. The van der Waals surface area contributed by atoms with Gasteiger partial charge in [0.2, 0.25) is 0 Å². The molecule has 0 spiro atoms. The van der Waals surface area contributed by atoms with Crippen molar-refractivity contribution in [3.05, 3.63) is 64.2 Å². The molecule has 0 aliphatic heterocycles. The molecular formula is C15H14N2O4S. The third kappa shape index (κ3) is 3.84. The number of hydrogen-bond donors (Lipinski definition) is 2. The lowest BCUT2D eigenvalue weighted by Crippen LogP contribution is -2.32. The van der Waals surface area contributed by atoms with Crippen LogP contribution in [0.25, 0.3) is 0 Å². The van der Waals surface area contributed by atoms with Gasteiger partial charge in [-0.15, -0.1) is 0 Å². The summed E-state index contributed by atoms with van der Waals surface area (Å²) in [6, 6.07) is 12.6. The van der Waals surface area contributed by atoms with E-state index in [1.54, 1.807) is 42.5 Å². The van der Waals surface area contributed by atoms with Gasteiger partial charge in [-0.3, -0.25) is 14.9 Å². The van der Waals surface area contributed by atoms with Crippen LogP contribution >= 0.6 is 11.8 Å². The van der Waals surface area contributed by atoms with Gasteiger partial charge in [0.25, 0.3) is 5.69 Å². The second-order valence-corrected chi connectivity index (χ2v) is 5.67. The zero-order valence-corrected chi connectivity index (χ0v) is 12.3. The molecule has 0 bridgehead atoms. The smallest absolute Gasteiger partial charge is 0.320 e. The van der Waals surface area contributed by atoms with Crippen LogP contribution in [0.15, 0.2) is 58.3 Å². The van der Waals surface area contributed by atoms with Crippen LogP contribution in [0, 0.1) is 10.1 Å². The van der Waals surface area contributed by atoms with Crippen molar-refractivity contribution in [1.29, 1.82) is 0 Å². The number of carboxylic acid groups (broad SMARTS) is 1. The Morgan fingerprint density at radius 2 is 1.77 bits per heavy atom. The van der Waals surface area contributed by atoms with Crippen molar-refractivity contribution in [1.82, 2.24) is 0 Å². The first-order valence-corrected chi connectivity index (χ1v) is 7.28. The Balaban J connectivity index is 2.31. The molecule has 2 rings (SSSR count). The lowest BCUT2D eigenvalue weighted by molar-refractivity contribution is -0.387. The first kappa shape index (κ1) is 16.0. The van der Waals surface area contributed by atoms with E-state index in [4.69, 9.17) is 10.8 Å². The summed E-state index contributed by atoms with van der Waals surface area (Å²) in [5.74, 6) is -1.08. The Morgan fingerprint density at radius 3 is 2.41 bits per heavy atom. The summed E-state index contributed by atoms with van der Waals surface area (Å²) in [6.45, 7) is 0. The van der Waals surface area contributed by atoms with Crippen molar-refractivity contribution in [2.75, 3.05) is 0 Å². The van der Waals surface area contributed by atoms with E-state index in [1.807, 2.05) is 0 Å². The van der Waals surface area contributed by atoms with E-state index in [9.17, 15) is 14.9 Å². The van der Waals surface area contributed by atoms with Crippen LogP contribution in [0.1, 0.15) is 5.56 Å². The fraction of sp³-hybridized carbons (Fsp3) is 0.133. The number of hydrogen-bond acceptors (Lipinski definition) is 5. The molecule has 0 amide bonds. The SMILES string of the molecule is N[C@@H](Cc1ccccc1Sc1ccccc1[N+](=O)[O-])C(=O)O. The van der Waals surface area contributed by atoms with Gasteiger partial charge in [0, 0.05) is 11.0 Å². The molecule has 2 aromatic carbocycles. The lowest BCUT2D eigenvalue weighted by atomic mass is 10.1. The molecule has 0 heterocycles. The third-order valence-corrected chi connectivity index (χ3v) is 4.19. The molecule has 0 aromatic heterocycles. The Morgan fingerprint density at radius 1 is 1.18 bits per heavy atom. The second-order valence-electron chi connectivity index (χ2n) is 4.58. The summed E-state index contributed by atoms with van der Waals surface area (Å²) < 4.78 is 0. The zero-order chi connectivity index (χ0) is 16.1. The van der Waals surface area contributed by atoms with E-state index in [0.717, 1.165) is 10.5 Å². The Hall–Kier alpha value is -2.38. The topological polar surface area (TPSA) is 106 Å². The number of carboxylic acids is 1. The standard InChI is InChI=1S/C15H14N2O4S/c16-11(15(18)19)9-10-5-1-3-7-13(10)22-14-8-4-2-6-12(14)17(20)21/h1-8,11H,9,16H2,(H,18,19)/t11-/m0/s1. The van der Waals surface area contributed by atoms with Gasteiger partial charge < -0.3 is 10.8 Å². The molecule has 0 unspecified atom stereocenters. The normalized spacial score (nSPS) is 11.9. The summed E-state index contributed by atoms with van der Waals surface area (Å²) in [4.78, 5) is 22.8. The van der Waals surface area contributed by atoms with Crippen molar-refractivity contribution >= 4 is 23.4 Å². The van der Waals surface area contributed by atoms with Crippen molar-refractivity contribution in [3.8, 4) is 0 Å². The van der Waals surface area contributed by atoms with Gasteiger partial charge in [-0.05, 0) is 24.1 Å². The maximum atomic E-state index is 11.1. The van der Waals surface area contributed by atoms with Gasteiger partial charge in [0.1, 0.15) is 6.04 Å². The highest BCUT2D eigenvalue weighted by molar-refractivity contribution is 7.99. The molecule has 0 radical (unpaired) electrons. The quantitative estimate of drug-likeness (QED) is 0.626. The van der Waals surface area contributed by atoms with Gasteiger partial charge in [0.15, 0.2) is 0 Å². The third-order valence-electron chi connectivity index (χ3n) is 3.01. The molecule has 0 aliphatic rings. The number of benzene rings is 2. The van der Waals surface area contributed by atoms with Gasteiger partial charge in [0.05, 0.1) is 9.82 Å². The van der Waals surface area contributed by atoms with Crippen molar-refractivity contribution in [2.45, 2.75) is 22.3 Å². The van der Waals surface area contributed by atoms with Gasteiger partial charge in [-0.25, -0.2) is 0 Å². The number of rotatable bonds is 6. The molecule has 3 N–H and O–H groups in total. The predicted octanol–water partition coefficient (Wildman–Crippen LogP) is 2.70. The molecule has 0 saturated heterocycles. The second kappa shape index (κ2) is 7.06. The summed E-state index contributed by atoms with van der Waals surface area (Å²) in [5.41, 5.74) is 6.34. The molecule has 0 saturated carbocycles. The maximum absolute atomic E-state index is 11.1. The minimum atomic E-state index is -1.08. The number of aliphatic carboxylic acids is 1. The first-order chi connectivity index (χ1) is 10.5. The Labute approximate surface area is 131 Å². The number of nitro groups is 1. The average molecular weight is 318 g/mol. The van der Waals surface area contributed by atoms with Gasteiger partial charge in [-0.2, -0.15) is 0 Å². The van der Waals surface area contributed by atoms with Gasteiger partial charge >= 0.3 is 5.97 Å². The number of nitro benzene ring substituents is 1. The van der Waals surface area contributed by atoms with Crippen LogP contribution in [0.2, 0.25) is 0 Å². The Bertz CT molecular complexity index is 705. The Kier molecular flexibility index (Phi) is 5.13. The largest absolute Gasteiger partial charge is 0.480 e. The molecule has 7 heteroatoms. The van der Waals surface area contributed by atoms with E-state index in [-0.39, 0.29) is 12.1 Å². The summed E-state index contributed by atoms with van der Waals surface area (Å²) >= 11 is 1.23. The predicted molar refractivity (Wildman–Crippen MR) is 83.0 cm³/mol. The van der Waals surface area contributed by atoms with E-state index in [0.29, 0.717) is 4.90 Å². The van der Waals surface area contributed by atoms with Crippen molar-refractivity contribution in [2.24, 2.45) is 5.73 Å². The highest BCUT2D eigenvalue weighted by Gasteiger charge is 2.18. The zero-order valence-electron chi connectivity index (χ0n) is 11.5. The fourth-order valence-corrected chi connectivity index (χ4v) is 2.97. The maximum Gasteiger partial charge on any atom is 0.320 e. The molecule has 1 atom stereocenters. The minimum absolute atomic E-state index is 0.0184. The number of nitrogens with two attached hydrogens (primary N) is 1. The van der Waals surface area contributed by atoms with E-state index < -0.39 is 16.9 Å². The molecular weight excluding hydrogens is 304 g/mol. The lowest BCUT2D eigenvalue weighted by Gasteiger charge is -2.11. The number of nitrogens with zero attached hydrogens (tertiary/aromatic N) is 1. The number of carbonyl (C=O) groups is 1. The molecule has 0 fully saturated rings. The van der Waals surface area contributed by atoms with E-state index in [2.05, 4.69) is 0 Å². The highest BCUT2D eigenvalue weighted by Crippen LogP contribution is 2.36. The van der Waals surface area contributed by atoms with Gasteiger partial charge in [-0.1, -0.05) is 42.1 Å². The first-order valence-electron chi connectivity index (χ1n) is 6.46. The molecule has 6 nitrogen and oxygen atoms in total. The number of para-hydroxylation sites is 1. The molecule has 22 heavy (non-hydrogen) atoms. The molecule has 0 aliphatic carbocycles.